The van der Waals surface area contributed by atoms with Crippen molar-refractivity contribution in [3.05, 3.63) is 0 Å². The molecule has 0 spiro atoms. The number of nitriles is 1. The first-order chi connectivity index (χ1) is 7.78. The molecule has 0 saturated heterocycles. The fourth-order valence-electron chi connectivity index (χ4n) is 1.74. The smallest absolute Gasteiger partial charge is 0.0635 e. The largest absolute Gasteiger partial charge is 0.383 e. The summed E-state index contributed by atoms with van der Waals surface area (Å²) in [6.07, 6.45) is 3.00. The molecule has 0 aromatic heterocycles. The van der Waals surface area contributed by atoms with Gasteiger partial charge in [0.05, 0.1) is 12.7 Å². The molecule has 0 amide bonds. The molecular weight excluding hydrogens is 220 g/mol. The van der Waals surface area contributed by atoms with E-state index in [9.17, 15) is 0 Å². The Balaban J connectivity index is 4.00. The number of thiol groups is 1. The summed E-state index contributed by atoms with van der Waals surface area (Å²) in [5.74, 6) is 1.55. The van der Waals surface area contributed by atoms with E-state index in [1.54, 1.807) is 7.11 Å². The van der Waals surface area contributed by atoms with Gasteiger partial charge in [-0.05, 0) is 18.1 Å². The topological polar surface area (TPSA) is 36.3 Å². The van der Waals surface area contributed by atoms with Gasteiger partial charge in [-0.3, -0.25) is 4.90 Å². The highest BCUT2D eigenvalue weighted by Crippen LogP contribution is 2.10. The van der Waals surface area contributed by atoms with E-state index in [2.05, 4.69) is 30.5 Å². The molecule has 0 N–H and O–H groups in total. The van der Waals surface area contributed by atoms with Crippen LogP contribution in [-0.2, 0) is 4.74 Å². The number of ether oxygens (including phenoxy) is 1. The summed E-state index contributed by atoms with van der Waals surface area (Å²) < 4.78 is 5.08. The van der Waals surface area contributed by atoms with E-state index >= 15 is 0 Å². The van der Waals surface area contributed by atoms with Crippen molar-refractivity contribution < 1.29 is 4.74 Å². The number of rotatable bonds is 10. The van der Waals surface area contributed by atoms with E-state index in [-0.39, 0.29) is 0 Å². The Morgan fingerprint density at radius 2 is 2.19 bits per heavy atom. The van der Waals surface area contributed by atoms with Crippen molar-refractivity contribution in [2.45, 2.75) is 26.2 Å². The summed E-state index contributed by atoms with van der Waals surface area (Å²) in [4.78, 5) is 2.31. The van der Waals surface area contributed by atoms with Gasteiger partial charge in [0, 0.05) is 33.2 Å². The second-order valence-corrected chi connectivity index (χ2v) is 4.40. The van der Waals surface area contributed by atoms with Crippen LogP contribution in [-0.4, -0.2) is 44.0 Å². The fraction of sp³-hybridized carbons (Fsp3) is 0.917. The van der Waals surface area contributed by atoms with Crippen LogP contribution in [0.1, 0.15) is 26.2 Å². The van der Waals surface area contributed by atoms with Crippen LogP contribution < -0.4 is 0 Å². The van der Waals surface area contributed by atoms with Gasteiger partial charge >= 0.3 is 0 Å². The average molecular weight is 244 g/mol. The van der Waals surface area contributed by atoms with E-state index in [4.69, 9.17) is 10.00 Å². The molecule has 0 aliphatic heterocycles. The Labute approximate surface area is 105 Å². The van der Waals surface area contributed by atoms with Gasteiger partial charge < -0.3 is 4.74 Å². The number of hydrogen-bond acceptors (Lipinski definition) is 4. The van der Waals surface area contributed by atoms with Crippen LogP contribution in [0.2, 0.25) is 0 Å². The van der Waals surface area contributed by atoms with Gasteiger partial charge in [-0.2, -0.15) is 17.9 Å². The van der Waals surface area contributed by atoms with E-state index in [0.29, 0.717) is 12.3 Å². The maximum atomic E-state index is 8.61. The second kappa shape index (κ2) is 11.3. The summed E-state index contributed by atoms with van der Waals surface area (Å²) in [6.45, 7) is 5.71. The lowest BCUT2D eigenvalue weighted by Crippen LogP contribution is -2.34. The summed E-state index contributed by atoms with van der Waals surface area (Å²) >= 11 is 4.38. The van der Waals surface area contributed by atoms with Gasteiger partial charge in [-0.25, -0.2) is 0 Å². The molecule has 0 rings (SSSR count). The monoisotopic (exact) mass is 244 g/mol. The Bertz CT molecular complexity index is 194. The van der Waals surface area contributed by atoms with E-state index in [1.807, 2.05) is 0 Å². The van der Waals surface area contributed by atoms with Crippen molar-refractivity contribution in [2.75, 3.05) is 39.1 Å². The van der Waals surface area contributed by atoms with E-state index < -0.39 is 0 Å². The summed E-state index contributed by atoms with van der Waals surface area (Å²) in [5, 5.41) is 8.61. The summed E-state index contributed by atoms with van der Waals surface area (Å²) in [6, 6.07) is 2.20. The predicted octanol–water partition coefficient (Wildman–Crippen LogP) is 2.19. The molecule has 0 aliphatic rings. The van der Waals surface area contributed by atoms with Crippen LogP contribution in [0.25, 0.3) is 0 Å². The molecule has 0 heterocycles. The van der Waals surface area contributed by atoms with Crippen LogP contribution >= 0.6 is 12.6 Å². The van der Waals surface area contributed by atoms with Gasteiger partial charge in [-0.1, -0.05) is 13.3 Å². The summed E-state index contributed by atoms with van der Waals surface area (Å²) in [5.41, 5.74) is 0. The van der Waals surface area contributed by atoms with Crippen LogP contribution in [0.3, 0.4) is 0 Å². The molecule has 3 nitrogen and oxygen atoms in total. The minimum atomic E-state index is 0.592. The minimum Gasteiger partial charge on any atom is -0.383 e. The Hall–Kier alpha value is -0.240. The third-order valence-corrected chi connectivity index (χ3v) is 3.14. The molecule has 1 unspecified atom stereocenters. The van der Waals surface area contributed by atoms with E-state index in [1.165, 1.54) is 12.8 Å². The lowest BCUT2D eigenvalue weighted by Gasteiger charge is -2.25. The first-order valence-corrected chi connectivity index (χ1v) is 6.60. The normalized spacial score (nSPS) is 12.7. The zero-order valence-electron chi connectivity index (χ0n) is 10.5. The number of hydrogen-bond donors (Lipinski definition) is 1. The molecule has 0 saturated carbocycles. The van der Waals surface area contributed by atoms with Gasteiger partial charge in [0.1, 0.15) is 0 Å². The maximum Gasteiger partial charge on any atom is 0.0635 e. The minimum absolute atomic E-state index is 0.592. The molecule has 4 heteroatoms. The second-order valence-electron chi connectivity index (χ2n) is 4.04. The molecule has 0 aromatic rings. The molecule has 0 radical (unpaired) electrons. The Morgan fingerprint density at radius 1 is 1.44 bits per heavy atom. The van der Waals surface area contributed by atoms with Crippen molar-refractivity contribution >= 4 is 12.6 Å². The van der Waals surface area contributed by atoms with Crippen LogP contribution in [0.5, 0.6) is 0 Å². The first kappa shape index (κ1) is 15.8. The van der Waals surface area contributed by atoms with Crippen LogP contribution in [0, 0.1) is 17.2 Å². The molecule has 0 aromatic carbocycles. The van der Waals surface area contributed by atoms with E-state index in [0.717, 1.165) is 32.0 Å². The zero-order chi connectivity index (χ0) is 12.2. The van der Waals surface area contributed by atoms with Gasteiger partial charge in [-0.15, -0.1) is 0 Å². The van der Waals surface area contributed by atoms with Crippen molar-refractivity contribution in [2.24, 2.45) is 5.92 Å². The van der Waals surface area contributed by atoms with Crippen LogP contribution in [0.15, 0.2) is 0 Å². The van der Waals surface area contributed by atoms with Crippen molar-refractivity contribution in [3.8, 4) is 6.07 Å². The molecule has 0 fully saturated rings. The lowest BCUT2D eigenvalue weighted by molar-refractivity contribution is 0.139. The molecule has 0 bridgehead atoms. The summed E-state index contributed by atoms with van der Waals surface area (Å²) in [7, 11) is 1.71. The highest BCUT2D eigenvalue weighted by atomic mass is 32.1. The highest BCUT2D eigenvalue weighted by molar-refractivity contribution is 7.80. The first-order valence-electron chi connectivity index (χ1n) is 5.97. The third-order valence-electron chi connectivity index (χ3n) is 2.62. The highest BCUT2D eigenvalue weighted by Gasteiger charge is 2.11. The van der Waals surface area contributed by atoms with Gasteiger partial charge in [0.25, 0.3) is 0 Å². The Morgan fingerprint density at radius 3 is 2.69 bits per heavy atom. The SMILES string of the molecule is CCCC(CS)CN(CCC#N)CCOC. The van der Waals surface area contributed by atoms with Crippen molar-refractivity contribution in [1.29, 1.82) is 5.26 Å². The molecule has 1 atom stereocenters. The van der Waals surface area contributed by atoms with Crippen molar-refractivity contribution in [1.82, 2.24) is 4.90 Å². The lowest BCUT2D eigenvalue weighted by atomic mass is 10.1. The molecule has 0 aliphatic carbocycles. The molecule has 94 valence electrons. The predicted molar refractivity (Wildman–Crippen MR) is 70.8 cm³/mol. The standard InChI is InChI=1S/C12H24N2OS/c1-3-5-12(11-16)10-14(7-4-6-13)8-9-15-2/h12,16H,3-5,7-11H2,1-2H3. The zero-order valence-corrected chi connectivity index (χ0v) is 11.4. The van der Waals surface area contributed by atoms with Crippen LogP contribution in [0.4, 0.5) is 0 Å². The maximum absolute atomic E-state index is 8.61. The quantitative estimate of drug-likeness (QED) is 0.599. The number of nitrogens with zero attached hydrogens (tertiary/aromatic N) is 2. The van der Waals surface area contributed by atoms with Gasteiger partial charge in [0.15, 0.2) is 0 Å². The van der Waals surface area contributed by atoms with Crippen molar-refractivity contribution in [3.63, 3.8) is 0 Å². The fourth-order valence-corrected chi connectivity index (χ4v) is 2.03. The molecule has 16 heavy (non-hydrogen) atoms. The van der Waals surface area contributed by atoms with Gasteiger partial charge in [0.2, 0.25) is 0 Å². The Kier molecular flexibility index (Phi) is 11.1. The average Bonchev–Trinajstić information content (AvgIpc) is 2.31. The molecular formula is C12H24N2OS. The third kappa shape index (κ3) is 7.98. The number of methoxy groups -OCH3 is 1.